The highest BCUT2D eigenvalue weighted by atomic mass is 16.5. The van der Waals surface area contributed by atoms with Gasteiger partial charge in [-0.25, -0.2) is 0 Å². The van der Waals surface area contributed by atoms with E-state index in [4.69, 9.17) is 9.47 Å². The Morgan fingerprint density at radius 1 is 0.484 bits per heavy atom. The second kappa shape index (κ2) is 7.81. The minimum Gasteiger partial charge on any atom is -0.497 e. The van der Waals surface area contributed by atoms with Gasteiger partial charge in [0.05, 0.1) is 14.2 Å². The summed E-state index contributed by atoms with van der Waals surface area (Å²) < 4.78 is 10.8. The Morgan fingerprint density at radius 2 is 0.968 bits per heavy atom. The lowest BCUT2D eigenvalue weighted by molar-refractivity contribution is 0.415. The Labute approximate surface area is 182 Å². The molecule has 0 aliphatic rings. The van der Waals surface area contributed by atoms with Crippen LogP contribution >= 0.6 is 0 Å². The first kappa shape index (κ1) is 19.2. The van der Waals surface area contributed by atoms with E-state index in [2.05, 4.69) is 73.7 Å². The van der Waals surface area contributed by atoms with E-state index < -0.39 is 0 Å². The minimum atomic E-state index is 0.864. The van der Waals surface area contributed by atoms with E-state index in [-0.39, 0.29) is 0 Å². The van der Waals surface area contributed by atoms with Crippen molar-refractivity contribution in [1.82, 2.24) is 0 Å². The first-order valence-electron chi connectivity index (χ1n) is 10.4. The number of methoxy groups -OCH3 is 2. The molecule has 0 saturated carbocycles. The first-order chi connectivity index (χ1) is 15.2. The standard InChI is InChI=1S/C29H24O2/c1-19-7-6-10-26-27(19)29(21-13-17-23(31-3)18-14-21)25-9-5-4-8-24(25)28(26)20-11-15-22(30-2)16-12-20/h4-18H,1-3H3. The summed E-state index contributed by atoms with van der Waals surface area (Å²) in [6, 6.07) is 32.0. The average molecular weight is 405 g/mol. The molecule has 152 valence electrons. The molecule has 0 unspecified atom stereocenters. The van der Waals surface area contributed by atoms with Crippen LogP contribution in [0.4, 0.5) is 0 Å². The van der Waals surface area contributed by atoms with Crippen molar-refractivity contribution < 1.29 is 9.47 Å². The zero-order chi connectivity index (χ0) is 21.4. The van der Waals surface area contributed by atoms with E-state index in [1.807, 2.05) is 24.3 Å². The van der Waals surface area contributed by atoms with Crippen molar-refractivity contribution in [1.29, 1.82) is 0 Å². The predicted octanol–water partition coefficient (Wildman–Crippen LogP) is 7.65. The molecule has 2 heteroatoms. The van der Waals surface area contributed by atoms with Gasteiger partial charge < -0.3 is 9.47 Å². The van der Waals surface area contributed by atoms with Crippen LogP contribution in [0.15, 0.2) is 91.0 Å². The molecule has 0 fully saturated rings. The molecule has 0 aliphatic heterocycles. The van der Waals surface area contributed by atoms with Crippen LogP contribution < -0.4 is 9.47 Å². The molecule has 5 aromatic rings. The monoisotopic (exact) mass is 404 g/mol. The molecule has 31 heavy (non-hydrogen) atoms. The third kappa shape index (κ3) is 3.21. The van der Waals surface area contributed by atoms with Crippen molar-refractivity contribution in [2.45, 2.75) is 6.92 Å². The molecular formula is C29H24O2. The molecule has 0 spiro atoms. The minimum absolute atomic E-state index is 0.864. The number of rotatable bonds is 4. The van der Waals surface area contributed by atoms with E-state index in [0.29, 0.717) is 0 Å². The maximum Gasteiger partial charge on any atom is 0.118 e. The van der Waals surface area contributed by atoms with Crippen molar-refractivity contribution >= 4 is 21.5 Å². The van der Waals surface area contributed by atoms with Crippen molar-refractivity contribution in [3.05, 3.63) is 96.6 Å². The van der Waals surface area contributed by atoms with Gasteiger partial charge in [0, 0.05) is 0 Å². The third-order valence-electron chi connectivity index (χ3n) is 6.02. The lowest BCUT2D eigenvalue weighted by Crippen LogP contribution is -1.93. The molecule has 0 atom stereocenters. The van der Waals surface area contributed by atoms with Gasteiger partial charge in [-0.15, -0.1) is 0 Å². The van der Waals surface area contributed by atoms with E-state index in [1.165, 1.54) is 49.4 Å². The Balaban J connectivity index is 1.92. The highest BCUT2D eigenvalue weighted by Gasteiger charge is 2.17. The van der Waals surface area contributed by atoms with Gasteiger partial charge in [-0.3, -0.25) is 0 Å². The molecule has 5 rings (SSSR count). The summed E-state index contributed by atoms with van der Waals surface area (Å²) in [5, 5.41) is 5.05. The highest BCUT2D eigenvalue weighted by Crippen LogP contribution is 2.45. The van der Waals surface area contributed by atoms with Gasteiger partial charge in [-0.2, -0.15) is 0 Å². The zero-order valence-electron chi connectivity index (χ0n) is 18.0. The number of hydrogen-bond donors (Lipinski definition) is 0. The number of aryl methyl sites for hydroxylation is 1. The van der Waals surface area contributed by atoms with Gasteiger partial charge in [0.25, 0.3) is 0 Å². The van der Waals surface area contributed by atoms with Gasteiger partial charge in [0.2, 0.25) is 0 Å². The van der Waals surface area contributed by atoms with Crippen molar-refractivity contribution in [2.24, 2.45) is 0 Å². The van der Waals surface area contributed by atoms with Crippen LogP contribution in [0.25, 0.3) is 43.8 Å². The van der Waals surface area contributed by atoms with Gasteiger partial charge in [-0.1, -0.05) is 66.7 Å². The molecule has 0 saturated heterocycles. The third-order valence-corrected chi connectivity index (χ3v) is 6.02. The van der Waals surface area contributed by atoms with Gasteiger partial charge in [-0.05, 0) is 80.6 Å². The molecule has 0 bridgehead atoms. The molecule has 2 nitrogen and oxygen atoms in total. The quantitative estimate of drug-likeness (QED) is 0.286. The molecule has 0 radical (unpaired) electrons. The zero-order valence-corrected chi connectivity index (χ0v) is 18.0. The van der Waals surface area contributed by atoms with Gasteiger partial charge in [0.15, 0.2) is 0 Å². The summed E-state index contributed by atoms with van der Waals surface area (Å²) in [6.07, 6.45) is 0. The van der Waals surface area contributed by atoms with Crippen molar-refractivity contribution in [3.8, 4) is 33.8 Å². The summed E-state index contributed by atoms with van der Waals surface area (Å²) in [6.45, 7) is 2.20. The second-order valence-corrected chi connectivity index (χ2v) is 7.75. The van der Waals surface area contributed by atoms with Crippen LogP contribution in [0.1, 0.15) is 5.56 Å². The lowest BCUT2D eigenvalue weighted by atomic mass is 9.84. The van der Waals surface area contributed by atoms with Gasteiger partial charge in [0.1, 0.15) is 11.5 Å². The van der Waals surface area contributed by atoms with E-state index in [0.717, 1.165) is 11.5 Å². The fourth-order valence-electron chi connectivity index (χ4n) is 4.53. The molecule has 0 heterocycles. The number of hydrogen-bond acceptors (Lipinski definition) is 2. The predicted molar refractivity (Wildman–Crippen MR) is 130 cm³/mol. The van der Waals surface area contributed by atoms with Crippen molar-refractivity contribution in [3.63, 3.8) is 0 Å². The summed E-state index contributed by atoms with van der Waals surface area (Å²) >= 11 is 0. The molecular weight excluding hydrogens is 380 g/mol. The van der Waals surface area contributed by atoms with E-state index in [9.17, 15) is 0 Å². The Morgan fingerprint density at radius 3 is 1.52 bits per heavy atom. The molecule has 0 N–H and O–H groups in total. The Kier molecular flexibility index (Phi) is 4.83. The summed E-state index contributed by atoms with van der Waals surface area (Å²) in [4.78, 5) is 0. The number of benzene rings is 5. The first-order valence-corrected chi connectivity index (χ1v) is 10.4. The lowest BCUT2D eigenvalue weighted by Gasteiger charge is -2.19. The van der Waals surface area contributed by atoms with Gasteiger partial charge >= 0.3 is 0 Å². The highest BCUT2D eigenvalue weighted by molar-refractivity contribution is 6.22. The van der Waals surface area contributed by atoms with E-state index >= 15 is 0 Å². The summed E-state index contributed by atoms with van der Waals surface area (Å²) in [5.74, 6) is 1.73. The smallest absolute Gasteiger partial charge is 0.118 e. The van der Waals surface area contributed by atoms with Crippen LogP contribution in [0.2, 0.25) is 0 Å². The second-order valence-electron chi connectivity index (χ2n) is 7.75. The maximum absolute atomic E-state index is 5.39. The Hall–Kier alpha value is -3.78. The summed E-state index contributed by atoms with van der Waals surface area (Å²) in [7, 11) is 3.40. The Bertz CT molecular complexity index is 1380. The number of ether oxygens (including phenoxy) is 2. The van der Waals surface area contributed by atoms with Crippen LogP contribution in [0.3, 0.4) is 0 Å². The molecule has 0 aliphatic carbocycles. The fourth-order valence-corrected chi connectivity index (χ4v) is 4.53. The van der Waals surface area contributed by atoms with Crippen LogP contribution in [0.5, 0.6) is 11.5 Å². The average Bonchev–Trinajstić information content (AvgIpc) is 2.83. The van der Waals surface area contributed by atoms with Crippen LogP contribution in [-0.2, 0) is 0 Å². The topological polar surface area (TPSA) is 18.5 Å². The summed E-state index contributed by atoms with van der Waals surface area (Å²) in [5.41, 5.74) is 6.17. The van der Waals surface area contributed by atoms with Crippen molar-refractivity contribution in [2.75, 3.05) is 14.2 Å². The maximum atomic E-state index is 5.39. The van der Waals surface area contributed by atoms with E-state index in [1.54, 1.807) is 14.2 Å². The molecule has 0 amide bonds. The largest absolute Gasteiger partial charge is 0.497 e. The SMILES string of the molecule is COc1ccc(-c2c3ccccc3c(-c3ccc(OC)cc3)c3c(C)cccc23)cc1. The van der Waals surface area contributed by atoms with Crippen LogP contribution in [-0.4, -0.2) is 14.2 Å². The molecule has 5 aromatic carbocycles. The normalized spacial score (nSPS) is 11.1. The molecule has 0 aromatic heterocycles. The van der Waals surface area contributed by atoms with Crippen LogP contribution in [0, 0.1) is 6.92 Å². The fraction of sp³-hybridized carbons (Fsp3) is 0.103. The number of fused-ring (bicyclic) bond motifs is 2.